The summed E-state index contributed by atoms with van der Waals surface area (Å²) in [6.45, 7) is 10.7. The highest BCUT2D eigenvalue weighted by atomic mass is 127. The number of nitrogens with two attached hydrogens (primary N) is 1. The van der Waals surface area contributed by atoms with Crippen molar-refractivity contribution in [3.8, 4) is 0 Å². The van der Waals surface area contributed by atoms with Crippen molar-refractivity contribution in [3.63, 3.8) is 0 Å². The van der Waals surface area contributed by atoms with E-state index in [2.05, 4.69) is 34.0 Å². The molecule has 7 heteroatoms. The minimum atomic E-state index is 0. The molecule has 3 heterocycles. The molecular formula is C18H32IN5S. The van der Waals surface area contributed by atoms with Gasteiger partial charge in [-0.05, 0) is 57.5 Å². The number of rotatable bonds is 4. The third kappa shape index (κ3) is 6.36. The van der Waals surface area contributed by atoms with Crippen molar-refractivity contribution in [2.24, 2.45) is 22.6 Å². The first-order valence-electron chi connectivity index (χ1n) is 9.28. The smallest absolute Gasteiger partial charge is 0.191 e. The van der Waals surface area contributed by atoms with E-state index in [1.54, 1.807) is 11.3 Å². The van der Waals surface area contributed by atoms with Crippen LogP contribution in [0.25, 0.3) is 0 Å². The third-order valence-corrected chi connectivity index (χ3v) is 6.07. The van der Waals surface area contributed by atoms with E-state index in [1.165, 1.54) is 31.4 Å². The summed E-state index contributed by atoms with van der Waals surface area (Å²) in [4.78, 5) is 14.1. The van der Waals surface area contributed by atoms with Crippen molar-refractivity contribution < 1.29 is 0 Å². The maximum absolute atomic E-state index is 6.22. The van der Waals surface area contributed by atoms with Gasteiger partial charge in [-0.2, -0.15) is 0 Å². The molecule has 1 aromatic heterocycles. The maximum atomic E-state index is 6.22. The number of nitrogens with zero attached hydrogens (tertiary/aromatic N) is 4. The zero-order valence-corrected chi connectivity index (χ0v) is 18.6. The molecule has 2 fully saturated rings. The molecule has 0 bridgehead atoms. The van der Waals surface area contributed by atoms with Gasteiger partial charge in [-0.25, -0.2) is 4.98 Å². The monoisotopic (exact) mass is 477 g/mol. The number of piperidine rings is 2. The predicted molar refractivity (Wildman–Crippen MR) is 117 cm³/mol. The minimum Gasteiger partial charge on any atom is -0.370 e. The summed E-state index contributed by atoms with van der Waals surface area (Å²) in [5.74, 6) is 2.19. The number of aryl methyl sites for hydroxylation is 1. The normalized spacial score (nSPS) is 23.5. The van der Waals surface area contributed by atoms with Crippen LogP contribution in [0.3, 0.4) is 0 Å². The van der Waals surface area contributed by atoms with Gasteiger partial charge in [0.1, 0.15) is 0 Å². The second-order valence-electron chi connectivity index (χ2n) is 7.47. The summed E-state index contributed by atoms with van der Waals surface area (Å²) >= 11 is 1.74. The Morgan fingerprint density at radius 3 is 2.72 bits per heavy atom. The molecule has 2 N–H and O–H groups in total. The molecule has 0 spiro atoms. The van der Waals surface area contributed by atoms with Crippen LogP contribution in [0.2, 0.25) is 0 Å². The van der Waals surface area contributed by atoms with Gasteiger partial charge in [0.05, 0.1) is 10.7 Å². The molecule has 2 aliphatic heterocycles. The van der Waals surface area contributed by atoms with Crippen molar-refractivity contribution in [1.29, 1.82) is 0 Å². The lowest BCUT2D eigenvalue weighted by molar-refractivity contribution is 0.178. The Morgan fingerprint density at radius 2 is 2.08 bits per heavy atom. The zero-order chi connectivity index (χ0) is 16.9. The van der Waals surface area contributed by atoms with Crippen molar-refractivity contribution in [1.82, 2.24) is 14.8 Å². The molecule has 2 saturated heterocycles. The molecule has 25 heavy (non-hydrogen) atoms. The Hall–Kier alpha value is -0.410. The molecule has 0 aromatic carbocycles. The Kier molecular flexibility index (Phi) is 8.41. The molecule has 0 saturated carbocycles. The van der Waals surface area contributed by atoms with Gasteiger partial charge in [-0.15, -0.1) is 35.3 Å². The summed E-state index contributed by atoms with van der Waals surface area (Å²) in [7, 11) is 0. The predicted octanol–water partition coefficient (Wildman–Crippen LogP) is 3.33. The van der Waals surface area contributed by atoms with Gasteiger partial charge in [-0.3, -0.25) is 9.89 Å². The van der Waals surface area contributed by atoms with Crippen LogP contribution in [-0.2, 0) is 6.54 Å². The summed E-state index contributed by atoms with van der Waals surface area (Å²) in [5.41, 5.74) is 7.44. The second kappa shape index (κ2) is 10.1. The molecule has 1 atom stereocenters. The van der Waals surface area contributed by atoms with Gasteiger partial charge in [-0.1, -0.05) is 6.92 Å². The second-order valence-corrected chi connectivity index (χ2v) is 8.53. The van der Waals surface area contributed by atoms with Crippen LogP contribution in [0, 0.1) is 18.8 Å². The lowest BCUT2D eigenvalue weighted by Crippen LogP contribution is -2.44. The van der Waals surface area contributed by atoms with Crippen LogP contribution < -0.4 is 5.73 Å². The first kappa shape index (κ1) is 20.9. The van der Waals surface area contributed by atoms with Crippen LogP contribution >= 0.6 is 35.3 Å². The van der Waals surface area contributed by atoms with E-state index in [0.717, 1.165) is 56.2 Å². The third-order valence-electron chi connectivity index (χ3n) is 5.25. The molecule has 1 aromatic rings. The van der Waals surface area contributed by atoms with E-state index in [4.69, 9.17) is 10.7 Å². The first-order valence-corrected chi connectivity index (χ1v) is 10.2. The van der Waals surface area contributed by atoms with Crippen LogP contribution in [0.4, 0.5) is 0 Å². The van der Waals surface area contributed by atoms with Crippen LogP contribution in [0.5, 0.6) is 0 Å². The molecular weight excluding hydrogens is 445 g/mol. The van der Waals surface area contributed by atoms with Crippen molar-refractivity contribution >= 4 is 41.3 Å². The standard InChI is InChI=1S/C18H31N5S.HI/c1-14-4-3-7-23(11-14)18(19)20-10-16-5-8-22(9-6-16)12-17-13-24-15(2)21-17;/h13-14,16H,3-12H2,1-2H3,(H2,19,20);1H. The maximum Gasteiger partial charge on any atom is 0.191 e. The highest BCUT2D eigenvalue weighted by Crippen LogP contribution is 2.20. The average Bonchev–Trinajstić information content (AvgIpc) is 2.99. The van der Waals surface area contributed by atoms with Crippen LogP contribution in [0.15, 0.2) is 10.4 Å². The largest absolute Gasteiger partial charge is 0.370 e. The SMILES string of the molecule is Cc1nc(CN2CCC(CN=C(N)N3CCCC(C)C3)CC2)cs1.I. The topological polar surface area (TPSA) is 57.8 Å². The van der Waals surface area contributed by atoms with Gasteiger partial charge in [0.15, 0.2) is 5.96 Å². The van der Waals surface area contributed by atoms with Crippen molar-refractivity contribution in [2.75, 3.05) is 32.7 Å². The van der Waals surface area contributed by atoms with E-state index in [1.807, 2.05) is 0 Å². The Labute approximate surface area is 173 Å². The van der Waals surface area contributed by atoms with Crippen molar-refractivity contribution in [3.05, 3.63) is 16.1 Å². The van der Waals surface area contributed by atoms with Crippen molar-refractivity contribution in [2.45, 2.75) is 46.1 Å². The van der Waals surface area contributed by atoms with Gasteiger partial charge >= 0.3 is 0 Å². The Morgan fingerprint density at radius 1 is 1.32 bits per heavy atom. The summed E-state index contributed by atoms with van der Waals surface area (Å²) in [6, 6.07) is 0. The number of hydrogen-bond acceptors (Lipinski definition) is 4. The molecule has 2 aliphatic rings. The molecule has 1 unspecified atom stereocenters. The van der Waals surface area contributed by atoms with Crippen LogP contribution in [-0.4, -0.2) is 53.5 Å². The highest BCUT2D eigenvalue weighted by molar-refractivity contribution is 14.0. The first-order chi connectivity index (χ1) is 11.6. The molecule has 0 radical (unpaired) electrons. The molecule has 3 rings (SSSR count). The fourth-order valence-corrected chi connectivity index (χ4v) is 4.36. The fraction of sp³-hybridized carbons (Fsp3) is 0.778. The molecule has 0 amide bonds. The quantitative estimate of drug-likeness (QED) is 0.411. The van der Waals surface area contributed by atoms with Gasteiger partial charge in [0.2, 0.25) is 0 Å². The van der Waals surface area contributed by atoms with Gasteiger partial charge in [0.25, 0.3) is 0 Å². The molecule has 142 valence electrons. The van der Waals surface area contributed by atoms with Crippen LogP contribution in [0.1, 0.15) is 43.3 Å². The number of thiazole rings is 1. The molecule has 5 nitrogen and oxygen atoms in total. The van der Waals surface area contributed by atoms with E-state index in [9.17, 15) is 0 Å². The van der Waals surface area contributed by atoms with E-state index in [-0.39, 0.29) is 24.0 Å². The fourth-order valence-electron chi connectivity index (χ4n) is 3.76. The Balaban J connectivity index is 0.00000225. The van der Waals surface area contributed by atoms with E-state index < -0.39 is 0 Å². The number of hydrogen-bond donors (Lipinski definition) is 1. The highest BCUT2D eigenvalue weighted by Gasteiger charge is 2.21. The number of aliphatic imine (C=N–C) groups is 1. The van der Waals surface area contributed by atoms with E-state index >= 15 is 0 Å². The Bertz CT molecular complexity index is 553. The lowest BCUT2D eigenvalue weighted by atomic mass is 9.97. The summed E-state index contributed by atoms with van der Waals surface area (Å²) in [5, 5.41) is 3.35. The number of aromatic nitrogens is 1. The lowest BCUT2D eigenvalue weighted by Gasteiger charge is -2.33. The van der Waals surface area contributed by atoms with E-state index in [0.29, 0.717) is 5.92 Å². The average molecular weight is 477 g/mol. The number of guanidine groups is 1. The summed E-state index contributed by atoms with van der Waals surface area (Å²) < 4.78 is 0. The number of likely N-dealkylation sites (tertiary alicyclic amines) is 2. The minimum absolute atomic E-state index is 0. The summed E-state index contributed by atoms with van der Waals surface area (Å²) in [6.07, 6.45) is 5.00. The van der Waals surface area contributed by atoms with Gasteiger partial charge < -0.3 is 10.6 Å². The van der Waals surface area contributed by atoms with Gasteiger partial charge in [0, 0.05) is 31.6 Å². The number of halogens is 1. The zero-order valence-electron chi connectivity index (χ0n) is 15.5. The molecule has 0 aliphatic carbocycles.